The first kappa shape index (κ1) is 14.8. The summed E-state index contributed by atoms with van der Waals surface area (Å²) in [5.41, 5.74) is 0. The number of thiophene rings is 1. The van der Waals surface area contributed by atoms with Gasteiger partial charge in [0.05, 0.1) is 0 Å². The van der Waals surface area contributed by atoms with Gasteiger partial charge in [-0.3, -0.25) is 4.79 Å². The zero-order valence-electron chi connectivity index (χ0n) is 10.3. The lowest BCUT2D eigenvalue weighted by Crippen LogP contribution is -2.31. The van der Waals surface area contributed by atoms with Crippen molar-refractivity contribution >= 4 is 17.2 Å². The highest BCUT2D eigenvalue weighted by atomic mass is 32.1. The van der Waals surface area contributed by atoms with E-state index in [1.807, 2.05) is 6.92 Å². The Hall–Kier alpha value is -1.21. The lowest BCUT2D eigenvalue weighted by molar-refractivity contribution is -0.0498. The minimum absolute atomic E-state index is 0.0616. The Morgan fingerprint density at radius 3 is 2.83 bits per heavy atom. The molecule has 0 aromatic carbocycles. The average molecular weight is 278 g/mol. The molecule has 0 radical (unpaired) electrons. The third-order valence-electron chi connectivity index (χ3n) is 2.08. The topological polar surface area (TPSA) is 50.4 Å². The van der Waals surface area contributed by atoms with E-state index < -0.39 is 6.61 Å². The first-order valence-electron chi connectivity index (χ1n) is 5.58. The van der Waals surface area contributed by atoms with Gasteiger partial charge in [-0.05, 0) is 19.5 Å². The van der Waals surface area contributed by atoms with Gasteiger partial charge in [-0.15, -0.1) is 11.3 Å². The molecule has 0 fully saturated rings. The monoisotopic (exact) mass is 278 g/mol. The molecule has 0 bridgehead atoms. The van der Waals surface area contributed by atoms with Gasteiger partial charge in [0.15, 0.2) is 0 Å². The summed E-state index contributed by atoms with van der Waals surface area (Å²) in [5.74, 6) is -0.449. The van der Waals surface area contributed by atoms with Crippen LogP contribution in [0.1, 0.15) is 21.5 Å². The van der Waals surface area contributed by atoms with Gasteiger partial charge in [0, 0.05) is 18.0 Å². The van der Waals surface area contributed by atoms with Crippen molar-refractivity contribution in [3.63, 3.8) is 0 Å². The molecule has 18 heavy (non-hydrogen) atoms. The molecule has 4 nitrogen and oxygen atoms in total. The summed E-state index contributed by atoms with van der Waals surface area (Å²) in [6.45, 7) is 2.66. The number of hydrogen-bond acceptors (Lipinski definition) is 4. The van der Waals surface area contributed by atoms with Crippen molar-refractivity contribution in [1.29, 1.82) is 0 Å². The number of ether oxygens (including phenoxy) is 1. The van der Waals surface area contributed by atoms with Crippen molar-refractivity contribution in [3.8, 4) is 5.75 Å². The van der Waals surface area contributed by atoms with E-state index in [9.17, 15) is 13.6 Å². The number of carbonyl (C=O) groups is 1. The molecule has 0 unspecified atom stereocenters. The minimum atomic E-state index is -2.92. The van der Waals surface area contributed by atoms with Crippen molar-refractivity contribution in [2.45, 2.75) is 20.5 Å². The summed E-state index contributed by atoms with van der Waals surface area (Å²) < 4.78 is 28.6. The predicted octanol–water partition coefficient (Wildman–Crippen LogP) is 2.00. The number of likely N-dealkylation sites (N-methyl/N-ethyl adjacent to an activating group) is 1. The normalized spacial score (nSPS) is 10.7. The Morgan fingerprint density at radius 2 is 2.22 bits per heavy atom. The molecule has 0 aliphatic heterocycles. The van der Waals surface area contributed by atoms with Crippen LogP contribution in [0.2, 0.25) is 0 Å². The molecule has 102 valence electrons. The fourth-order valence-corrected chi connectivity index (χ4v) is 2.21. The number of rotatable bonds is 7. The van der Waals surface area contributed by atoms with Gasteiger partial charge in [-0.25, -0.2) is 0 Å². The number of halogens is 2. The second-order valence-corrected chi connectivity index (χ2v) is 4.79. The maximum atomic E-state index is 12.2. The first-order chi connectivity index (χ1) is 8.54. The van der Waals surface area contributed by atoms with Crippen LogP contribution in [0.3, 0.4) is 0 Å². The molecule has 1 aromatic heterocycles. The summed E-state index contributed by atoms with van der Waals surface area (Å²) in [6, 6.07) is 1.44. The second kappa shape index (κ2) is 7.27. The Morgan fingerprint density at radius 1 is 1.50 bits per heavy atom. The number of aryl methyl sites for hydroxylation is 1. The molecule has 1 aromatic rings. The van der Waals surface area contributed by atoms with E-state index >= 15 is 0 Å². The fourth-order valence-electron chi connectivity index (χ4n) is 1.35. The molecular weight excluding hydrogens is 262 g/mol. The largest absolute Gasteiger partial charge is 0.433 e. The van der Waals surface area contributed by atoms with Crippen molar-refractivity contribution in [1.82, 2.24) is 10.6 Å². The number of carbonyl (C=O) groups excluding carboxylic acids is 1. The molecule has 0 aliphatic carbocycles. The maximum Gasteiger partial charge on any atom is 0.387 e. The average Bonchev–Trinajstić information content (AvgIpc) is 2.64. The molecule has 7 heteroatoms. The van der Waals surface area contributed by atoms with E-state index in [0.717, 1.165) is 22.8 Å². The van der Waals surface area contributed by atoms with Crippen molar-refractivity contribution in [2.75, 3.05) is 19.6 Å². The lowest BCUT2D eigenvalue weighted by Gasteiger charge is -2.07. The number of nitrogens with one attached hydrogen (secondary N) is 2. The van der Waals surface area contributed by atoms with E-state index in [4.69, 9.17) is 0 Å². The van der Waals surface area contributed by atoms with Crippen molar-refractivity contribution in [3.05, 3.63) is 15.8 Å². The maximum absolute atomic E-state index is 12.2. The Balaban J connectivity index is 2.60. The number of amides is 1. The molecule has 1 heterocycles. The molecule has 0 spiro atoms. The van der Waals surface area contributed by atoms with Crippen LogP contribution in [-0.2, 0) is 0 Å². The molecule has 1 rings (SSSR count). The summed E-state index contributed by atoms with van der Waals surface area (Å²) >= 11 is 1.14. The Kier molecular flexibility index (Phi) is 6.00. The van der Waals surface area contributed by atoms with Gasteiger partial charge in [0.1, 0.15) is 10.6 Å². The van der Waals surface area contributed by atoms with E-state index in [-0.39, 0.29) is 16.5 Å². The Labute approximate surface area is 108 Å². The third-order valence-corrected chi connectivity index (χ3v) is 3.11. The summed E-state index contributed by atoms with van der Waals surface area (Å²) in [7, 11) is 0. The van der Waals surface area contributed by atoms with E-state index in [2.05, 4.69) is 15.4 Å². The molecule has 1 amide bonds. The Bertz CT molecular complexity index is 396. The van der Waals surface area contributed by atoms with Crippen LogP contribution in [0.5, 0.6) is 5.75 Å². The molecule has 2 N–H and O–H groups in total. The first-order valence-corrected chi connectivity index (χ1v) is 6.40. The van der Waals surface area contributed by atoms with Crippen LogP contribution in [0, 0.1) is 6.92 Å². The number of alkyl halides is 2. The highest BCUT2D eigenvalue weighted by Gasteiger charge is 2.18. The van der Waals surface area contributed by atoms with Crippen molar-refractivity contribution < 1.29 is 18.3 Å². The summed E-state index contributed by atoms with van der Waals surface area (Å²) in [4.78, 5) is 12.7. The molecule has 0 saturated heterocycles. The van der Waals surface area contributed by atoms with Crippen LogP contribution in [0.4, 0.5) is 8.78 Å². The highest BCUT2D eigenvalue weighted by molar-refractivity contribution is 7.14. The minimum Gasteiger partial charge on any atom is -0.433 e. The van der Waals surface area contributed by atoms with Gasteiger partial charge in [-0.2, -0.15) is 8.78 Å². The third kappa shape index (κ3) is 4.58. The van der Waals surface area contributed by atoms with Crippen LogP contribution in [0.15, 0.2) is 6.07 Å². The zero-order chi connectivity index (χ0) is 13.5. The fraction of sp³-hybridized carbons (Fsp3) is 0.545. The highest BCUT2D eigenvalue weighted by Crippen LogP contribution is 2.29. The van der Waals surface area contributed by atoms with Gasteiger partial charge in [0.25, 0.3) is 5.91 Å². The molecular formula is C11H16F2N2O2S. The van der Waals surface area contributed by atoms with Crippen molar-refractivity contribution in [2.24, 2.45) is 0 Å². The smallest absolute Gasteiger partial charge is 0.387 e. The van der Waals surface area contributed by atoms with Crippen LogP contribution >= 0.6 is 11.3 Å². The van der Waals surface area contributed by atoms with Gasteiger partial charge < -0.3 is 15.4 Å². The molecule has 0 aliphatic rings. The van der Waals surface area contributed by atoms with Crippen LogP contribution in [0.25, 0.3) is 0 Å². The summed E-state index contributed by atoms with van der Waals surface area (Å²) in [6.07, 6.45) is 0. The molecule has 0 atom stereocenters. The lowest BCUT2D eigenvalue weighted by atomic mass is 10.3. The SMILES string of the molecule is CCNCCNC(=O)c1sc(C)cc1OC(F)F. The van der Waals surface area contributed by atoms with Gasteiger partial charge in [-0.1, -0.05) is 6.92 Å². The zero-order valence-corrected chi connectivity index (χ0v) is 11.1. The molecule has 0 saturated carbocycles. The van der Waals surface area contributed by atoms with E-state index in [0.29, 0.717) is 13.1 Å². The number of hydrogen-bond donors (Lipinski definition) is 2. The van der Waals surface area contributed by atoms with Gasteiger partial charge in [0.2, 0.25) is 0 Å². The van der Waals surface area contributed by atoms with E-state index in [1.165, 1.54) is 6.07 Å². The quantitative estimate of drug-likeness (QED) is 0.750. The van der Waals surface area contributed by atoms with Crippen LogP contribution in [-0.4, -0.2) is 32.2 Å². The van der Waals surface area contributed by atoms with Gasteiger partial charge >= 0.3 is 6.61 Å². The predicted molar refractivity (Wildman–Crippen MR) is 66.6 cm³/mol. The van der Waals surface area contributed by atoms with Crippen LogP contribution < -0.4 is 15.4 Å². The summed E-state index contributed by atoms with van der Waals surface area (Å²) in [5, 5.41) is 5.69. The standard InChI is InChI=1S/C11H16F2N2O2S/c1-3-14-4-5-15-10(16)9-8(17-11(12)13)6-7(2)18-9/h6,11,14H,3-5H2,1-2H3,(H,15,16). The van der Waals surface area contributed by atoms with E-state index in [1.54, 1.807) is 6.92 Å². The second-order valence-electron chi connectivity index (χ2n) is 3.54.